The Labute approximate surface area is 124 Å². The van der Waals surface area contributed by atoms with Gasteiger partial charge in [-0.2, -0.15) is 0 Å². The third-order valence-corrected chi connectivity index (χ3v) is 3.60. The lowest BCUT2D eigenvalue weighted by Crippen LogP contribution is -2.23. The highest BCUT2D eigenvalue weighted by Crippen LogP contribution is 2.36. The summed E-state index contributed by atoms with van der Waals surface area (Å²) in [6, 6.07) is 15.5. The minimum absolute atomic E-state index is 0.0395. The van der Waals surface area contributed by atoms with Gasteiger partial charge in [0.15, 0.2) is 5.78 Å². The van der Waals surface area contributed by atoms with E-state index in [9.17, 15) is 4.79 Å². The van der Waals surface area contributed by atoms with Crippen molar-refractivity contribution < 1.29 is 9.53 Å². The van der Waals surface area contributed by atoms with E-state index in [4.69, 9.17) is 4.74 Å². The van der Waals surface area contributed by atoms with Crippen LogP contribution in [0, 0.1) is 0 Å². The maximum atomic E-state index is 12.3. The van der Waals surface area contributed by atoms with Crippen molar-refractivity contribution in [2.45, 2.75) is 32.4 Å². The number of hydrogen-bond donors (Lipinski definition) is 1. The number of carbonyl (C=O) groups excluding carboxylic acids is 1. The number of anilines is 1. The molecule has 0 bridgehead atoms. The molecule has 2 aromatic carbocycles. The van der Waals surface area contributed by atoms with Crippen LogP contribution in [0.1, 0.15) is 42.2 Å². The Morgan fingerprint density at radius 3 is 2.62 bits per heavy atom. The first kappa shape index (κ1) is 13.7. The number of hydrogen-bond acceptors (Lipinski definition) is 3. The van der Waals surface area contributed by atoms with E-state index >= 15 is 0 Å². The molecule has 0 aromatic heterocycles. The zero-order valence-corrected chi connectivity index (χ0v) is 12.3. The number of rotatable bonds is 3. The molecule has 0 radical (unpaired) electrons. The van der Waals surface area contributed by atoms with Crippen LogP contribution in [0.4, 0.5) is 5.69 Å². The molecule has 1 heterocycles. The highest BCUT2D eigenvalue weighted by atomic mass is 16.5. The van der Waals surface area contributed by atoms with E-state index in [1.54, 1.807) is 0 Å². The number of Topliss-reactive ketones (excluding diaryl/α,β-unsaturated/α-hetero) is 1. The zero-order valence-electron chi connectivity index (χ0n) is 12.3. The number of ketones is 1. The van der Waals surface area contributed by atoms with Gasteiger partial charge in [-0.05, 0) is 32.0 Å². The maximum absolute atomic E-state index is 12.3. The van der Waals surface area contributed by atoms with Crippen molar-refractivity contribution in [1.29, 1.82) is 0 Å². The van der Waals surface area contributed by atoms with Gasteiger partial charge in [-0.25, -0.2) is 0 Å². The fourth-order valence-electron chi connectivity index (χ4n) is 2.70. The first-order chi connectivity index (χ1) is 10.1. The van der Waals surface area contributed by atoms with Crippen LogP contribution in [0.5, 0.6) is 5.75 Å². The minimum Gasteiger partial charge on any atom is -0.491 e. The van der Waals surface area contributed by atoms with Crippen LogP contribution in [0.25, 0.3) is 0 Å². The average Bonchev–Trinajstić information content (AvgIpc) is 2.47. The Balaban J connectivity index is 1.94. The summed E-state index contributed by atoms with van der Waals surface area (Å²) in [4.78, 5) is 12.3. The molecular formula is C18H19NO2. The molecule has 0 amide bonds. The van der Waals surface area contributed by atoms with Crippen molar-refractivity contribution in [1.82, 2.24) is 0 Å². The molecule has 0 saturated heterocycles. The average molecular weight is 281 g/mol. The summed E-state index contributed by atoms with van der Waals surface area (Å²) in [5.41, 5.74) is 2.71. The van der Waals surface area contributed by atoms with Crippen molar-refractivity contribution in [2.24, 2.45) is 0 Å². The lowest BCUT2D eigenvalue weighted by atomic mass is 9.92. The Bertz CT molecular complexity index is 664. The second-order valence-corrected chi connectivity index (χ2v) is 5.57. The minimum atomic E-state index is -0.0395. The van der Waals surface area contributed by atoms with Gasteiger partial charge in [0.1, 0.15) is 5.75 Å². The van der Waals surface area contributed by atoms with E-state index in [-0.39, 0.29) is 17.9 Å². The first-order valence-electron chi connectivity index (χ1n) is 7.29. The summed E-state index contributed by atoms with van der Waals surface area (Å²) in [5, 5.41) is 3.46. The molecule has 3 nitrogen and oxygen atoms in total. The van der Waals surface area contributed by atoms with Gasteiger partial charge in [0, 0.05) is 23.2 Å². The second-order valence-electron chi connectivity index (χ2n) is 5.57. The molecule has 21 heavy (non-hydrogen) atoms. The van der Waals surface area contributed by atoms with Gasteiger partial charge in [-0.3, -0.25) is 4.79 Å². The zero-order chi connectivity index (χ0) is 14.8. The molecule has 0 saturated carbocycles. The van der Waals surface area contributed by atoms with Crippen molar-refractivity contribution in [2.75, 3.05) is 5.32 Å². The molecule has 0 aliphatic carbocycles. The van der Waals surface area contributed by atoms with Gasteiger partial charge in [0.2, 0.25) is 0 Å². The van der Waals surface area contributed by atoms with Crippen LogP contribution in [0.3, 0.4) is 0 Å². The predicted octanol–water partition coefficient (Wildman–Crippen LogP) is 4.21. The van der Waals surface area contributed by atoms with Crippen molar-refractivity contribution in [3.63, 3.8) is 0 Å². The van der Waals surface area contributed by atoms with Gasteiger partial charge < -0.3 is 10.1 Å². The quantitative estimate of drug-likeness (QED) is 0.915. The van der Waals surface area contributed by atoms with Crippen LogP contribution < -0.4 is 10.1 Å². The molecule has 3 rings (SSSR count). The van der Waals surface area contributed by atoms with Gasteiger partial charge in [-0.15, -0.1) is 0 Å². The summed E-state index contributed by atoms with van der Waals surface area (Å²) in [6.07, 6.45) is 0.563. The molecule has 1 N–H and O–H groups in total. The molecule has 0 fully saturated rings. The van der Waals surface area contributed by atoms with Crippen molar-refractivity contribution in [3.05, 3.63) is 59.7 Å². The van der Waals surface area contributed by atoms with Crippen LogP contribution in [0.2, 0.25) is 0 Å². The van der Waals surface area contributed by atoms with E-state index in [0.29, 0.717) is 6.42 Å². The Kier molecular flexibility index (Phi) is 3.65. The predicted molar refractivity (Wildman–Crippen MR) is 84.0 cm³/mol. The number of benzene rings is 2. The topological polar surface area (TPSA) is 38.3 Å². The SMILES string of the molecule is CC(C)Oc1ccccc1[C@@H]1CC(=O)c2ccccc2N1. The lowest BCUT2D eigenvalue weighted by Gasteiger charge is -2.28. The molecule has 1 aliphatic heterocycles. The molecule has 0 spiro atoms. The van der Waals surface area contributed by atoms with E-state index in [2.05, 4.69) is 5.32 Å². The molecule has 0 unspecified atom stereocenters. The second kappa shape index (κ2) is 5.60. The van der Waals surface area contributed by atoms with E-state index in [0.717, 1.165) is 22.6 Å². The fraction of sp³-hybridized carbons (Fsp3) is 0.278. The third-order valence-electron chi connectivity index (χ3n) is 3.60. The van der Waals surface area contributed by atoms with Crippen LogP contribution in [0.15, 0.2) is 48.5 Å². The molecule has 1 atom stereocenters. The summed E-state index contributed by atoms with van der Waals surface area (Å²) >= 11 is 0. The highest BCUT2D eigenvalue weighted by Gasteiger charge is 2.27. The third kappa shape index (κ3) is 2.77. The summed E-state index contributed by atoms with van der Waals surface area (Å²) in [7, 11) is 0. The Morgan fingerprint density at radius 2 is 1.81 bits per heavy atom. The Hall–Kier alpha value is -2.29. The molecule has 3 heteroatoms. The van der Waals surface area contributed by atoms with E-state index in [1.807, 2.05) is 62.4 Å². The maximum Gasteiger partial charge on any atom is 0.167 e. The molecule has 108 valence electrons. The Morgan fingerprint density at radius 1 is 1.10 bits per heavy atom. The highest BCUT2D eigenvalue weighted by molar-refractivity contribution is 6.03. The van der Waals surface area contributed by atoms with Crippen LogP contribution in [-0.4, -0.2) is 11.9 Å². The monoisotopic (exact) mass is 281 g/mol. The van der Waals surface area contributed by atoms with Gasteiger partial charge in [0.25, 0.3) is 0 Å². The summed E-state index contributed by atoms with van der Waals surface area (Å²) in [6.45, 7) is 4.01. The summed E-state index contributed by atoms with van der Waals surface area (Å²) < 4.78 is 5.87. The number of nitrogens with one attached hydrogen (secondary N) is 1. The largest absolute Gasteiger partial charge is 0.491 e. The van der Waals surface area contributed by atoms with E-state index in [1.165, 1.54) is 0 Å². The van der Waals surface area contributed by atoms with E-state index < -0.39 is 0 Å². The number of para-hydroxylation sites is 2. The molecular weight excluding hydrogens is 262 g/mol. The number of carbonyl (C=O) groups is 1. The van der Waals surface area contributed by atoms with Gasteiger partial charge in [0.05, 0.1) is 12.1 Å². The van der Waals surface area contributed by atoms with Crippen molar-refractivity contribution in [3.8, 4) is 5.75 Å². The smallest absolute Gasteiger partial charge is 0.167 e. The number of fused-ring (bicyclic) bond motifs is 1. The van der Waals surface area contributed by atoms with Gasteiger partial charge in [-0.1, -0.05) is 30.3 Å². The summed E-state index contributed by atoms with van der Waals surface area (Å²) in [5.74, 6) is 1.02. The van der Waals surface area contributed by atoms with Crippen molar-refractivity contribution >= 4 is 11.5 Å². The normalized spacial score (nSPS) is 17.3. The van der Waals surface area contributed by atoms with Crippen LogP contribution in [-0.2, 0) is 0 Å². The van der Waals surface area contributed by atoms with Crippen LogP contribution >= 0.6 is 0 Å². The lowest BCUT2D eigenvalue weighted by molar-refractivity contribution is 0.0972. The molecule has 2 aromatic rings. The molecule has 1 aliphatic rings. The number of ether oxygens (including phenoxy) is 1. The fourth-order valence-corrected chi connectivity index (χ4v) is 2.70. The standard InChI is InChI=1S/C18H19NO2/c1-12(2)21-18-10-6-4-8-14(18)16-11-17(20)13-7-3-5-9-15(13)19-16/h3-10,12,16,19H,11H2,1-2H3/t16-/m0/s1. The first-order valence-corrected chi connectivity index (χ1v) is 7.29. The van der Waals surface area contributed by atoms with Gasteiger partial charge >= 0.3 is 0 Å².